The fourth-order valence-corrected chi connectivity index (χ4v) is 2.72. The summed E-state index contributed by atoms with van der Waals surface area (Å²) in [5.74, 6) is 0.941. The maximum atomic E-state index is 5.64. The molecule has 0 saturated carbocycles. The Bertz CT molecular complexity index is 753. The minimum absolute atomic E-state index is 0.771. The number of rotatable bonds is 6. The lowest BCUT2D eigenvalue weighted by Gasteiger charge is -2.07. The normalized spacial score (nSPS) is 10.6. The van der Waals surface area contributed by atoms with E-state index in [-0.39, 0.29) is 0 Å². The number of aryl methyl sites for hydroxylation is 1. The van der Waals surface area contributed by atoms with Gasteiger partial charge in [-0.15, -0.1) is 0 Å². The first-order valence-electron chi connectivity index (χ1n) is 8.62. The summed E-state index contributed by atoms with van der Waals surface area (Å²) in [6, 6.07) is 25.9. The molecule has 0 bridgehead atoms. The highest BCUT2D eigenvalue weighted by atomic mass is 16.5. The molecule has 0 heterocycles. The van der Waals surface area contributed by atoms with Crippen LogP contribution in [0.4, 0.5) is 0 Å². The topological polar surface area (TPSA) is 9.23 Å². The van der Waals surface area contributed by atoms with Crippen LogP contribution in [0.1, 0.15) is 30.0 Å². The molecule has 0 spiro atoms. The Hall–Kier alpha value is -2.54. The van der Waals surface area contributed by atoms with E-state index in [2.05, 4.69) is 74.5 Å². The third kappa shape index (κ3) is 4.26. The summed E-state index contributed by atoms with van der Waals surface area (Å²) >= 11 is 0. The molecule has 0 atom stereocenters. The second-order valence-electron chi connectivity index (χ2n) is 6.23. The Morgan fingerprint density at radius 3 is 1.71 bits per heavy atom. The largest absolute Gasteiger partial charge is 0.494 e. The Morgan fingerprint density at radius 2 is 1.17 bits per heavy atom. The van der Waals surface area contributed by atoms with Crippen LogP contribution in [0.25, 0.3) is 11.1 Å². The second-order valence-corrected chi connectivity index (χ2v) is 6.23. The Kier molecular flexibility index (Phi) is 5.32. The van der Waals surface area contributed by atoms with Gasteiger partial charge < -0.3 is 4.74 Å². The standard InChI is InChI=1S/C23H24O/c1-3-16-24-23-14-12-22(13-15-23)21-10-8-20(9-11-21)17-19-6-4-18(2)5-7-19/h4-15H,3,16-17H2,1-2H3. The van der Waals surface area contributed by atoms with Gasteiger partial charge in [-0.05, 0) is 54.2 Å². The van der Waals surface area contributed by atoms with Crippen LogP contribution in [-0.4, -0.2) is 6.61 Å². The van der Waals surface area contributed by atoms with E-state index >= 15 is 0 Å². The van der Waals surface area contributed by atoms with E-state index in [9.17, 15) is 0 Å². The van der Waals surface area contributed by atoms with Crippen LogP contribution in [0.2, 0.25) is 0 Å². The minimum Gasteiger partial charge on any atom is -0.494 e. The van der Waals surface area contributed by atoms with Crippen LogP contribution < -0.4 is 4.74 Å². The Labute approximate surface area is 144 Å². The average molecular weight is 316 g/mol. The third-order valence-corrected chi connectivity index (χ3v) is 4.14. The SMILES string of the molecule is CCCOc1ccc(-c2ccc(Cc3ccc(C)cc3)cc2)cc1. The van der Waals surface area contributed by atoms with Crippen molar-refractivity contribution in [2.45, 2.75) is 26.7 Å². The molecule has 24 heavy (non-hydrogen) atoms. The van der Waals surface area contributed by atoms with E-state index in [1.165, 1.54) is 27.8 Å². The van der Waals surface area contributed by atoms with Gasteiger partial charge in [0.15, 0.2) is 0 Å². The van der Waals surface area contributed by atoms with Gasteiger partial charge in [0.2, 0.25) is 0 Å². The molecular formula is C23H24O. The molecule has 0 aromatic heterocycles. The van der Waals surface area contributed by atoms with Crippen LogP contribution in [-0.2, 0) is 6.42 Å². The lowest BCUT2D eigenvalue weighted by Crippen LogP contribution is -1.94. The summed E-state index contributed by atoms with van der Waals surface area (Å²) in [7, 11) is 0. The van der Waals surface area contributed by atoms with Crippen molar-refractivity contribution in [3.8, 4) is 16.9 Å². The molecule has 0 aliphatic carbocycles. The highest BCUT2D eigenvalue weighted by Crippen LogP contribution is 2.23. The van der Waals surface area contributed by atoms with Crippen molar-refractivity contribution >= 4 is 0 Å². The third-order valence-electron chi connectivity index (χ3n) is 4.14. The smallest absolute Gasteiger partial charge is 0.119 e. The van der Waals surface area contributed by atoms with Crippen LogP contribution in [0, 0.1) is 6.92 Å². The summed E-state index contributed by atoms with van der Waals surface area (Å²) in [5.41, 5.74) is 6.46. The first-order valence-corrected chi connectivity index (χ1v) is 8.62. The van der Waals surface area contributed by atoms with E-state index in [1.54, 1.807) is 0 Å². The predicted molar refractivity (Wildman–Crippen MR) is 102 cm³/mol. The molecule has 0 saturated heterocycles. The number of ether oxygens (including phenoxy) is 1. The fraction of sp³-hybridized carbons (Fsp3) is 0.217. The molecule has 0 aliphatic rings. The molecule has 1 heteroatoms. The van der Waals surface area contributed by atoms with E-state index in [0.29, 0.717) is 0 Å². The summed E-state index contributed by atoms with van der Waals surface area (Å²) < 4.78 is 5.64. The van der Waals surface area contributed by atoms with Gasteiger partial charge in [0.05, 0.1) is 6.61 Å². The molecular weight excluding hydrogens is 292 g/mol. The lowest BCUT2D eigenvalue weighted by atomic mass is 10.00. The first-order chi connectivity index (χ1) is 11.7. The lowest BCUT2D eigenvalue weighted by molar-refractivity contribution is 0.317. The Morgan fingerprint density at radius 1 is 0.667 bits per heavy atom. The molecule has 0 unspecified atom stereocenters. The quantitative estimate of drug-likeness (QED) is 0.538. The predicted octanol–water partition coefficient (Wildman–Crippen LogP) is 6.04. The van der Waals surface area contributed by atoms with E-state index in [0.717, 1.165) is 25.2 Å². The first kappa shape index (κ1) is 16.3. The highest BCUT2D eigenvalue weighted by Gasteiger charge is 2.01. The zero-order chi connectivity index (χ0) is 16.8. The van der Waals surface area contributed by atoms with E-state index in [1.807, 2.05) is 12.1 Å². The minimum atomic E-state index is 0.771. The van der Waals surface area contributed by atoms with Gasteiger partial charge in [0, 0.05) is 0 Å². The Balaban J connectivity index is 1.68. The molecule has 3 aromatic rings. The highest BCUT2D eigenvalue weighted by molar-refractivity contribution is 5.64. The number of hydrogen-bond donors (Lipinski definition) is 0. The molecule has 122 valence electrons. The van der Waals surface area contributed by atoms with Crippen LogP contribution in [0.3, 0.4) is 0 Å². The molecule has 0 N–H and O–H groups in total. The van der Waals surface area contributed by atoms with Gasteiger partial charge in [-0.2, -0.15) is 0 Å². The van der Waals surface area contributed by atoms with Gasteiger partial charge in [0.1, 0.15) is 5.75 Å². The fourth-order valence-electron chi connectivity index (χ4n) is 2.72. The maximum Gasteiger partial charge on any atom is 0.119 e. The molecule has 0 aliphatic heterocycles. The summed E-state index contributed by atoms with van der Waals surface area (Å²) in [6.07, 6.45) is 2.01. The molecule has 1 nitrogen and oxygen atoms in total. The zero-order valence-electron chi connectivity index (χ0n) is 14.5. The van der Waals surface area contributed by atoms with Crippen LogP contribution >= 0.6 is 0 Å². The van der Waals surface area contributed by atoms with Crippen molar-refractivity contribution < 1.29 is 4.74 Å². The van der Waals surface area contributed by atoms with Crippen molar-refractivity contribution in [3.05, 3.63) is 89.5 Å². The van der Waals surface area contributed by atoms with Gasteiger partial charge >= 0.3 is 0 Å². The van der Waals surface area contributed by atoms with Crippen molar-refractivity contribution in [2.75, 3.05) is 6.61 Å². The van der Waals surface area contributed by atoms with Crippen LogP contribution in [0.15, 0.2) is 72.8 Å². The van der Waals surface area contributed by atoms with E-state index in [4.69, 9.17) is 4.74 Å². The number of benzene rings is 3. The monoisotopic (exact) mass is 316 g/mol. The van der Waals surface area contributed by atoms with Crippen molar-refractivity contribution in [1.82, 2.24) is 0 Å². The number of hydrogen-bond acceptors (Lipinski definition) is 1. The van der Waals surface area contributed by atoms with E-state index < -0.39 is 0 Å². The average Bonchev–Trinajstić information content (AvgIpc) is 2.63. The van der Waals surface area contributed by atoms with Crippen LogP contribution in [0.5, 0.6) is 5.75 Å². The summed E-state index contributed by atoms with van der Waals surface area (Å²) in [5, 5.41) is 0. The van der Waals surface area contributed by atoms with Gasteiger partial charge in [-0.1, -0.05) is 73.2 Å². The molecule has 0 amide bonds. The second kappa shape index (κ2) is 7.83. The molecule has 3 rings (SSSR count). The van der Waals surface area contributed by atoms with Crippen molar-refractivity contribution in [2.24, 2.45) is 0 Å². The summed E-state index contributed by atoms with van der Waals surface area (Å²) in [4.78, 5) is 0. The zero-order valence-corrected chi connectivity index (χ0v) is 14.5. The van der Waals surface area contributed by atoms with Gasteiger partial charge in [0.25, 0.3) is 0 Å². The molecule has 0 radical (unpaired) electrons. The maximum absolute atomic E-state index is 5.64. The summed E-state index contributed by atoms with van der Waals surface area (Å²) in [6.45, 7) is 5.01. The van der Waals surface area contributed by atoms with Gasteiger partial charge in [-0.3, -0.25) is 0 Å². The van der Waals surface area contributed by atoms with Crippen molar-refractivity contribution in [1.29, 1.82) is 0 Å². The molecule has 0 fully saturated rings. The molecule has 3 aromatic carbocycles. The van der Waals surface area contributed by atoms with Crippen molar-refractivity contribution in [3.63, 3.8) is 0 Å². The van der Waals surface area contributed by atoms with Gasteiger partial charge in [-0.25, -0.2) is 0 Å².